The van der Waals surface area contributed by atoms with E-state index in [2.05, 4.69) is 20.8 Å². The minimum absolute atomic E-state index is 0.256. The van der Waals surface area contributed by atoms with Crippen molar-refractivity contribution in [2.45, 2.75) is 46.6 Å². The number of aliphatic carboxylic acids is 1. The first-order valence-electron chi connectivity index (χ1n) is 5.79. The Labute approximate surface area is 97.9 Å². The maximum Gasteiger partial charge on any atom is 0.332 e. The van der Waals surface area contributed by atoms with Crippen molar-refractivity contribution in [2.75, 3.05) is 19.8 Å². The van der Waals surface area contributed by atoms with E-state index in [1.54, 1.807) is 6.92 Å². The van der Waals surface area contributed by atoms with Gasteiger partial charge in [0.25, 0.3) is 0 Å². The molecule has 0 aliphatic carbocycles. The van der Waals surface area contributed by atoms with E-state index in [4.69, 9.17) is 14.6 Å². The number of carbonyl (C=O) groups is 1. The summed E-state index contributed by atoms with van der Waals surface area (Å²) in [5.41, 5.74) is 0.256. The molecule has 0 radical (unpaired) electrons. The number of carboxylic acid groups (broad SMARTS) is 1. The Bertz CT molecular complexity index is 196. The largest absolute Gasteiger partial charge is 0.479 e. The smallest absolute Gasteiger partial charge is 0.332 e. The van der Waals surface area contributed by atoms with Crippen LogP contribution >= 0.6 is 0 Å². The molecule has 0 heterocycles. The molecular weight excluding hydrogens is 208 g/mol. The molecule has 96 valence electrons. The lowest BCUT2D eigenvalue weighted by Gasteiger charge is -2.18. The lowest BCUT2D eigenvalue weighted by molar-refractivity contribution is -0.151. The number of ether oxygens (including phenoxy) is 2. The Hall–Kier alpha value is -0.610. The number of hydrogen-bond acceptors (Lipinski definition) is 3. The summed E-state index contributed by atoms with van der Waals surface area (Å²) in [5.74, 6) is -0.915. The standard InChI is InChI=1S/C12H24O4/c1-5-16-10(11(13)14)6-8-15-9-7-12(2,3)4/h10H,5-9H2,1-4H3,(H,13,14). The van der Waals surface area contributed by atoms with Crippen molar-refractivity contribution in [3.05, 3.63) is 0 Å². The quantitative estimate of drug-likeness (QED) is 0.652. The molecule has 0 fully saturated rings. The molecule has 0 saturated heterocycles. The van der Waals surface area contributed by atoms with Crippen LogP contribution in [0.1, 0.15) is 40.5 Å². The molecule has 0 saturated carbocycles. The van der Waals surface area contributed by atoms with Gasteiger partial charge in [-0.25, -0.2) is 4.79 Å². The van der Waals surface area contributed by atoms with Crippen molar-refractivity contribution in [1.82, 2.24) is 0 Å². The molecule has 4 nitrogen and oxygen atoms in total. The van der Waals surface area contributed by atoms with E-state index < -0.39 is 12.1 Å². The summed E-state index contributed by atoms with van der Waals surface area (Å²) < 4.78 is 10.5. The highest BCUT2D eigenvalue weighted by Gasteiger charge is 2.17. The van der Waals surface area contributed by atoms with Crippen LogP contribution in [-0.2, 0) is 14.3 Å². The van der Waals surface area contributed by atoms with Crippen molar-refractivity contribution in [1.29, 1.82) is 0 Å². The summed E-state index contributed by atoms with van der Waals surface area (Å²) in [5, 5.41) is 8.81. The van der Waals surface area contributed by atoms with Gasteiger partial charge in [-0.05, 0) is 18.8 Å². The topological polar surface area (TPSA) is 55.8 Å². The van der Waals surface area contributed by atoms with Gasteiger partial charge in [-0.2, -0.15) is 0 Å². The molecule has 1 unspecified atom stereocenters. The van der Waals surface area contributed by atoms with Crippen LogP contribution in [-0.4, -0.2) is 37.0 Å². The van der Waals surface area contributed by atoms with Gasteiger partial charge in [0.2, 0.25) is 0 Å². The van der Waals surface area contributed by atoms with E-state index in [9.17, 15) is 4.79 Å². The van der Waals surface area contributed by atoms with Crippen LogP contribution < -0.4 is 0 Å². The molecule has 4 heteroatoms. The van der Waals surface area contributed by atoms with Gasteiger partial charge in [-0.15, -0.1) is 0 Å². The third-order valence-electron chi connectivity index (χ3n) is 2.16. The molecule has 0 amide bonds. The predicted molar refractivity (Wildman–Crippen MR) is 62.6 cm³/mol. The SMILES string of the molecule is CCOC(CCOCCC(C)(C)C)C(=O)O. The van der Waals surface area contributed by atoms with Gasteiger partial charge in [0.1, 0.15) is 0 Å². The van der Waals surface area contributed by atoms with Crippen LogP contribution in [0, 0.1) is 5.41 Å². The van der Waals surface area contributed by atoms with Gasteiger partial charge < -0.3 is 14.6 Å². The van der Waals surface area contributed by atoms with Crippen LogP contribution in [0.15, 0.2) is 0 Å². The van der Waals surface area contributed by atoms with E-state index in [1.165, 1.54) is 0 Å². The fraction of sp³-hybridized carbons (Fsp3) is 0.917. The number of rotatable bonds is 8. The lowest BCUT2D eigenvalue weighted by atomic mass is 9.93. The van der Waals surface area contributed by atoms with Crippen molar-refractivity contribution >= 4 is 5.97 Å². The second-order valence-corrected chi connectivity index (χ2v) is 4.99. The Morgan fingerprint density at radius 2 is 1.94 bits per heavy atom. The van der Waals surface area contributed by atoms with Crippen molar-refractivity contribution in [3.63, 3.8) is 0 Å². The Morgan fingerprint density at radius 3 is 2.38 bits per heavy atom. The predicted octanol–water partition coefficient (Wildman–Crippen LogP) is 2.32. The lowest BCUT2D eigenvalue weighted by Crippen LogP contribution is -2.25. The van der Waals surface area contributed by atoms with Gasteiger partial charge in [0, 0.05) is 26.2 Å². The summed E-state index contributed by atoms with van der Waals surface area (Å²) in [4.78, 5) is 10.7. The third kappa shape index (κ3) is 8.68. The molecule has 0 aromatic rings. The highest BCUT2D eigenvalue weighted by molar-refractivity contribution is 5.72. The van der Waals surface area contributed by atoms with Crippen LogP contribution in [0.4, 0.5) is 0 Å². The summed E-state index contributed by atoms with van der Waals surface area (Å²) in [6.45, 7) is 9.76. The molecule has 1 atom stereocenters. The molecule has 0 aromatic heterocycles. The van der Waals surface area contributed by atoms with Gasteiger partial charge >= 0.3 is 5.97 Å². The zero-order valence-electron chi connectivity index (χ0n) is 10.8. The average Bonchev–Trinajstić information content (AvgIpc) is 2.13. The van der Waals surface area contributed by atoms with E-state index in [0.29, 0.717) is 26.2 Å². The first kappa shape index (κ1) is 15.4. The zero-order valence-corrected chi connectivity index (χ0v) is 10.8. The maximum absolute atomic E-state index is 10.7. The molecule has 1 N–H and O–H groups in total. The minimum Gasteiger partial charge on any atom is -0.479 e. The zero-order chi connectivity index (χ0) is 12.6. The molecule has 0 aliphatic heterocycles. The van der Waals surface area contributed by atoms with E-state index in [-0.39, 0.29) is 5.41 Å². The van der Waals surface area contributed by atoms with Crippen LogP contribution in [0.25, 0.3) is 0 Å². The third-order valence-corrected chi connectivity index (χ3v) is 2.16. The molecule has 16 heavy (non-hydrogen) atoms. The number of hydrogen-bond donors (Lipinski definition) is 1. The van der Waals surface area contributed by atoms with Crippen molar-refractivity contribution in [3.8, 4) is 0 Å². The summed E-state index contributed by atoms with van der Waals surface area (Å²) in [6, 6.07) is 0. The number of carboxylic acids is 1. The normalized spacial score (nSPS) is 13.8. The average molecular weight is 232 g/mol. The van der Waals surface area contributed by atoms with Crippen molar-refractivity contribution in [2.24, 2.45) is 5.41 Å². The summed E-state index contributed by atoms with van der Waals surface area (Å²) >= 11 is 0. The van der Waals surface area contributed by atoms with Crippen LogP contribution in [0.3, 0.4) is 0 Å². The van der Waals surface area contributed by atoms with Crippen molar-refractivity contribution < 1.29 is 19.4 Å². The Balaban J connectivity index is 3.59. The minimum atomic E-state index is -0.915. The molecule has 0 spiro atoms. The van der Waals surface area contributed by atoms with Crippen LogP contribution in [0.2, 0.25) is 0 Å². The second kappa shape index (κ2) is 7.63. The summed E-state index contributed by atoms with van der Waals surface area (Å²) in [6.07, 6.45) is 0.645. The molecule has 0 rings (SSSR count). The van der Waals surface area contributed by atoms with E-state index >= 15 is 0 Å². The Morgan fingerprint density at radius 1 is 1.31 bits per heavy atom. The maximum atomic E-state index is 10.7. The molecule has 0 aliphatic rings. The van der Waals surface area contributed by atoms with E-state index in [1.807, 2.05) is 0 Å². The van der Waals surface area contributed by atoms with Gasteiger partial charge in [0.05, 0.1) is 0 Å². The van der Waals surface area contributed by atoms with E-state index in [0.717, 1.165) is 6.42 Å². The second-order valence-electron chi connectivity index (χ2n) is 4.99. The summed E-state index contributed by atoms with van der Waals surface area (Å²) in [7, 11) is 0. The molecule has 0 bridgehead atoms. The Kier molecular flexibility index (Phi) is 7.34. The monoisotopic (exact) mass is 232 g/mol. The highest BCUT2D eigenvalue weighted by atomic mass is 16.5. The first-order valence-corrected chi connectivity index (χ1v) is 5.79. The van der Waals surface area contributed by atoms with Gasteiger partial charge in [-0.1, -0.05) is 20.8 Å². The van der Waals surface area contributed by atoms with Gasteiger partial charge in [0.15, 0.2) is 6.10 Å². The highest BCUT2D eigenvalue weighted by Crippen LogP contribution is 2.17. The van der Waals surface area contributed by atoms with Gasteiger partial charge in [-0.3, -0.25) is 0 Å². The molecule has 0 aromatic carbocycles. The van der Waals surface area contributed by atoms with Crippen LogP contribution in [0.5, 0.6) is 0 Å². The fourth-order valence-corrected chi connectivity index (χ4v) is 1.15. The fourth-order valence-electron chi connectivity index (χ4n) is 1.15. The first-order chi connectivity index (χ1) is 7.37. The molecular formula is C12H24O4.